The van der Waals surface area contributed by atoms with E-state index in [9.17, 15) is 9.59 Å². The van der Waals surface area contributed by atoms with Gasteiger partial charge in [-0.3, -0.25) is 14.9 Å². The van der Waals surface area contributed by atoms with Crippen LogP contribution in [0.5, 0.6) is 0 Å². The van der Waals surface area contributed by atoms with Crippen molar-refractivity contribution in [3.05, 3.63) is 62.2 Å². The first-order valence-corrected chi connectivity index (χ1v) is 11.2. The first-order chi connectivity index (χ1) is 13.7. The van der Waals surface area contributed by atoms with Crippen LogP contribution in [-0.4, -0.2) is 33.2 Å². The normalized spacial score (nSPS) is 13.5. The largest absolute Gasteiger partial charge is 0.331 e. The minimum absolute atomic E-state index is 0.0518. The van der Waals surface area contributed by atoms with Gasteiger partial charge in [-0.1, -0.05) is 23.5 Å². The maximum Gasteiger partial charge on any atom is 0.283 e. The molecule has 0 radical (unpaired) electrons. The van der Waals surface area contributed by atoms with Crippen LogP contribution in [0.4, 0.5) is 5.13 Å². The van der Waals surface area contributed by atoms with Crippen molar-refractivity contribution < 1.29 is 9.59 Å². The number of rotatable bonds is 3. The second kappa shape index (κ2) is 7.08. The van der Waals surface area contributed by atoms with Crippen LogP contribution >= 0.6 is 34.0 Å². The first-order valence-electron chi connectivity index (χ1n) is 8.64. The number of amides is 2. The second-order valence-corrected chi connectivity index (χ2v) is 9.21. The highest BCUT2D eigenvalue weighted by molar-refractivity contribution is 7.20. The zero-order valence-corrected chi connectivity index (χ0v) is 17.0. The van der Waals surface area contributed by atoms with Crippen LogP contribution in [0.15, 0.2) is 41.1 Å². The molecule has 1 aliphatic rings. The SMILES string of the molecule is O=C(Nc1nc2c(s1)CN(C(=O)c1nc3ccccc3s1)CC2)c1ccsc1. The Morgan fingerprint density at radius 1 is 1.11 bits per heavy atom. The molecule has 6 nitrogen and oxygen atoms in total. The van der Waals surface area contributed by atoms with Crippen LogP contribution in [-0.2, 0) is 13.0 Å². The molecule has 3 aromatic heterocycles. The Morgan fingerprint density at radius 2 is 2.00 bits per heavy atom. The summed E-state index contributed by atoms with van der Waals surface area (Å²) in [6.45, 7) is 1.10. The summed E-state index contributed by atoms with van der Waals surface area (Å²) in [7, 11) is 0. The van der Waals surface area contributed by atoms with E-state index in [-0.39, 0.29) is 11.8 Å². The van der Waals surface area contributed by atoms with Gasteiger partial charge < -0.3 is 4.90 Å². The number of thiophene rings is 1. The van der Waals surface area contributed by atoms with E-state index >= 15 is 0 Å². The van der Waals surface area contributed by atoms with Gasteiger partial charge in [-0.15, -0.1) is 11.3 Å². The number of fused-ring (bicyclic) bond motifs is 2. The van der Waals surface area contributed by atoms with Gasteiger partial charge in [-0.05, 0) is 23.6 Å². The Bertz CT molecular complexity index is 1150. The molecule has 0 unspecified atom stereocenters. The van der Waals surface area contributed by atoms with Gasteiger partial charge in [0.15, 0.2) is 10.1 Å². The van der Waals surface area contributed by atoms with Crippen molar-refractivity contribution in [3.8, 4) is 0 Å². The summed E-state index contributed by atoms with van der Waals surface area (Å²) in [5.41, 5.74) is 2.44. The molecule has 140 valence electrons. The highest BCUT2D eigenvalue weighted by Crippen LogP contribution is 2.30. The smallest absolute Gasteiger partial charge is 0.283 e. The topological polar surface area (TPSA) is 75.2 Å². The Morgan fingerprint density at radius 3 is 2.82 bits per heavy atom. The molecular formula is C19H14N4O2S3. The molecule has 5 rings (SSSR count). The Hall–Kier alpha value is -2.62. The molecule has 0 spiro atoms. The van der Waals surface area contributed by atoms with Crippen molar-refractivity contribution in [3.63, 3.8) is 0 Å². The number of nitrogens with zero attached hydrogens (tertiary/aromatic N) is 3. The lowest BCUT2D eigenvalue weighted by molar-refractivity contribution is 0.0736. The van der Waals surface area contributed by atoms with E-state index in [0.29, 0.717) is 35.2 Å². The van der Waals surface area contributed by atoms with Crippen LogP contribution in [0.25, 0.3) is 10.2 Å². The predicted octanol–water partition coefficient (Wildman–Crippen LogP) is 4.27. The average Bonchev–Trinajstić information content (AvgIpc) is 3.44. The fourth-order valence-electron chi connectivity index (χ4n) is 3.08. The molecule has 0 fully saturated rings. The van der Waals surface area contributed by atoms with Crippen LogP contribution in [0.2, 0.25) is 0 Å². The number of thiazole rings is 2. The van der Waals surface area contributed by atoms with Crippen molar-refractivity contribution in [2.45, 2.75) is 13.0 Å². The van der Waals surface area contributed by atoms with E-state index in [1.165, 1.54) is 34.0 Å². The Kier molecular flexibility index (Phi) is 4.42. The van der Waals surface area contributed by atoms with Gasteiger partial charge in [0.2, 0.25) is 0 Å². The molecule has 28 heavy (non-hydrogen) atoms. The number of aromatic nitrogens is 2. The Balaban J connectivity index is 1.33. The molecule has 0 saturated carbocycles. The van der Waals surface area contributed by atoms with Crippen molar-refractivity contribution in [2.75, 3.05) is 11.9 Å². The summed E-state index contributed by atoms with van der Waals surface area (Å²) < 4.78 is 1.01. The molecule has 1 aliphatic heterocycles. The molecule has 0 aliphatic carbocycles. The third-order valence-electron chi connectivity index (χ3n) is 4.50. The third-order valence-corrected chi connectivity index (χ3v) is 7.20. The summed E-state index contributed by atoms with van der Waals surface area (Å²) >= 11 is 4.34. The van der Waals surface area contributed by atoms with Crippen molar-refractivity contribution >= 4 is 61.2 Å². The predicted molar refractivity (Wildman–Crippen MR) is 112 cm³/mol. The maximum absolute atomic E-state index is 12.9. The summed E-state index contributed by atoms with van der Waals surface area (Å²) in [5.74, 6) is -0.209. The molecule has 0 saturated heterocycles. The van der Waals surface area contributed by atoms with E-state index in [4.69, 9.17) is 0 Å². The molecular weight excluding hydrogens is 412 g/mol. The highest BCUT2D eigenvalue weighted by Gasteiger charge is 2.27. The first kappa shape index (κ1) is 17.5. The van der Waals surface area contributed by atoms with Gasteiger partial charge in [0, 0.05) is 23.2 Å². The number of hydrogen-bond acceptors (Lipinski definition) is 7. The van der Waals surface area contributed by atoms with Crippen LogP contribution in [0.3, 0.4) is 0 Å². The van der Waals surface area contributed by atoms with E-state index in [2.05, 4.69) is 15.3 Å². The lowest BCUT2D eigenvalue weighted by atomic mass is 10.2. The molecule has 2 amide bonds. The number of hydrogen-bond donors (Lipinski definition) is 1. The number of carbonyl (C=O) groups is 2. The number of para-hydroxylation sites is 1. The zero-order valence-electron chi connectivity index (χ0n) is 14.5. The van der Waals surface area contributed by atoms with Crippen LogP contribution < -0.4 is 5.32 Å². The fraction of sp³-hybridized carbons (Fsp3) is 0.158. The minimum atomic E-state index is -0.158. The van der Waals surface area contributed by atoms with Gasteiger partial charge in [-0.2, -0.15) is 11.3 Å². The lowest BCUT2D eigenvalue weighted by Crippen LogP contribution is -2.35. The van der Waals surface area contributed by atoms with E-state index in [1.54, 1.807) is 11.4 Å². The van der Waals surface area contributed by atoms with Gasteiger partial charge in [0.05, 0.1) is 28.0 Å². The third kappa shape index (κ3) is 3.21. The average molecular weight is 427 g/mol. The van der Waals surface area contributed by atoms with Gasteiger partial charge >= 0.3 is 0 Å². The Labute approximate surface area is 172 Å². The summed E-state index contributed by atoms with van der Waals surface area (Å²) in [6.07, 6.45) is 0.677. The number of benzene rings is 1. The summed E-state index contributed by atoms with van der Waals surface area (Å²) in [4.78, 5) is 37.0. The molecule has 4 aromatic rings. The fourth-order valence-corrected chi connectivity index (χ4v) is 5.67. The number of anilines is 1. The zero-order chi connectivity index (χ0) is 19.1. The minimum Gasteiger partial charge on any atom is -0.331 e. The van der Waals surface area contributed by atoms with Crippen molar-refractivity contribution in [1.82, 2.24) is 14.9 Å². The standard InChI is InChI=1S/C19H14N4O2S3/c24-16(11-6-8-26-10-11)22-19-21-13-5-7-23(9-15(13)28-19)18(25)17-20-12-3-1-2-4-14(12)27-17/h1-4,6,8,10H,5,7,9H2,(H,21,22,24). The van der Waals surface area contributed by atoms with Gasteiger partial charge in [0.25, 0.3) is 11.8 Å². The van der Waals surface area contributed by atoms with Crippen molar-refractivity contribution in [2.24, 2.45) is 0 Å². The van der Waals surface area contributed by atoms with Crippen LogP contribution in [0, 0.1) is 0 Å². The lowest BCUT2D eigenvalue weighted by Gasteiger charge is -2.25. The maximum atomic E-state index is 12.9. The molecule has 0 atom stereocenters. The number of nitrogens with one attached hydrogen (secondary N) is 1. The van der Waals surface area contributed by atoms with E-state index in [1.807, 2.05) is 34.5 Å². The number of carbonyl (C=O) groups excluding carboxylic acids is 2. The molecule has 9 heteroatoms. The highest BCUT2D eigenvalue weighted by atomic mass is 32.1. The monoisotopic (exact) mass is 426 g/mol. The van der Waals surface area contributed by atoms with Crippen LogP contribution in [0.1, 0.15) is 30.7 Å². The summed E-state index contributed by atoms with van der Waals surface area (Å²) in [5, 5.41) is 7.62. The second-order valence-electron chi connectivity index (χ2n) is 6.32. The molecule has 0 bridgehead atoms. The molecule has 1 aromatic carbocycles. The van der Waals surface area contributed by atoms with Gasteiger partial charge in [-0.25, -0.2) is 9.97 Å². The van der Waals surface area contributed by atoms with E-state index in [0.717, 1.165) is 20.8 Å². The quantitative estimate of drug-likeness (QED) is 0.531. The van der Waals surface area contributed by atoms with E-state index < -0.39 is 0 Å². The van der Waals surface area contributed by atoms with Gasteiger partial charge in [0.1, 0.15) is 0 Å². The summed E-state index contributed by atoms with van der Waals surface area (Å²) in [6, 6.07) is 9.55. The van der Waals surface area contributed by atoms with Crippen molar-refractivity contribution in [1.29, 1.82) is 0 Å². The molecule has 4 heterocycles. The molecule has 1 N–H and O–H groups in total.